The average molecular weight is 287 g/mol. The van der Waals surface area contributed by atoms with E-state index >= 15 is 0 Å². The number of esters is 1. The molecule has 0 unspecified atom stereocenters. The van der Waals surface area contributed by atoms with Gasteiger partial charge in [-0.1, -0.05) is 13.0 Å². The van der Waals surface area contributed by atoms with Gasteiger partial charge in [0.15, 0.2) is 0 Å². The molecule has 110 valence electrons. The molecule has 2 heterocycles. The van der Waals surface area contributed by atoms with Crippen molar-refractivity contribution in [3.63, 3.8) is 0 Å². The summed E-state index contributed by atoms with van der Waals surface area (Å²) in [6, 6.07) is 5.20. The zero-order valence-electron chi connectivity index (χ0n) is 12.0. The van der Waals surface area contributed by atoms with Gasteiger partial charge in [-0.05, 0) is 31.0 Å². The summed E-state index contributed by atoms with van der Waals surface area (Å²) >= 11 is 0. The van der Waals surface area contributed by atoms with Gasteiger partial charge in [-0.15, -0.1) is 0 Å². The van der Waals surface area contributed by atoms with Crippen LogP contribution in [-0.2, 0) is 16.0 Å². The molecule has 5 heteroatoms. The topological polar surface area (TPSA) is 68.5 Å². The average Bonchev–Trinajstić information content (AvgIpc) is 3.01. The molecule has 1 aliphatic heterocycles. The van der Waals surface area contributed by atoms with Crippen LogP contribution in [0.1, 0.15) is 36.2 Å². The van der Waals surface area contributed by atoms with Gasteiger partial charge in [0.05, 0.1) is 5.56 Å². The van der Waals surface area contributed by atoms with E-state index in [1.165, 1.54) is 6.26 Å². The lowest BCUT2D eigenvalue weighted by atomic mass is 10.1. The van der Waals surface area contributed by atoms with E-state index in [2.05, 4.69) is 12.2 Å². The summed E-state index contributed by atoms with van der Waals surface area (Å²) in [4.78, 5) is 23.9. The molecule has 0 radical (unpaired) electrons. The number of hydrogen-bond donors (Lipinski definition) is 1. The second-order valence-electron chi connectivity index (χ2n) is 5.34. The molecule has 0 aliphatic carbocycles. The first-order chi connectivity index (χ1) is 10.1. The van der Waals surface area contributed by atoms with Gasteiger partial charge in [0.2, 0.25) is 0 Å². The molecule has 5 nitrogen and oxygen atoms in total. The third-order valence-electron chi connectivity index (χ3n) is 3.77. The van der Waals surface area contributed by atoms with Crippen molar-refractivity contribution in [1.82, 2.24) is 5.32 Å². The van der Waals surface area contributed by atoms with Crippen molar-refractivity contribution in [2.45, 2.75) is 38.8 Å². The number of aryl methyl sites for hydroxylation is 1. The Hall–Kier alpha value is -2.30. The molecule has 1 fully saturated rings. The molecule has 1 aromatic carbocycles. The lowest BCUT2D eigenvalue weighted by molar-refractivity contribution is -0.142. The van der Waals surface area contributed by atoms with Crippen LogP contribution >= 0.6 is 0 Å². The normalized spacial score (nSPS) is 21.5. The largest absolute Gasteiger partial charge is 0.463 e. The molecule has 0 saturated carbocycles. The van der Waals surface area contributed by atoms with E-state index in [9.17, 15) is 9.59 Å². The van der Waals surface area contributed by atoms with Gasteiger partial charge in [-0.2, -0.15) is 0 Å². The molecule has 1 aromatic heterocycles. The van der Waals surface area contributed by atoms with E-state index in [0.29, 0.717) is 17.6 Å². The minimum atomic E-state index is -0.577. The molecule has 1 amide bonds. The van der Waals surface area contributed by atoms with E-state index in [1.54, 1.807) is 0 Å². The van der Waals surface area contributed by atoms with Gasteiger partial charge >= 0.3 is 5.97 Å². The summed E-state index contributed by atoms with van der Waals surface area (Å²) in [6.45, 7) is 3.86. The SMILES string of the molecule is CCc1ccc2occ(C(=O)N[C@H]3C[C@H](C)OC3=O)c2c1. The van der Waals surface area contributed by atoms with Crippen LogP contribution in [0.15, 0.2) is 28.9 Å². The quantitative estimate of drug-likeness (QED) is 0.880. The molecule has 1 aliphatic rings. The number of ether oxygens (including phenoxy) is 1. The fraction of sp³-hybridized carbons (Fsp3) is 0.375. The highest BCUT2D eigenvalue weighted by Gasteiger charge is 2.33. The Kier molecular flexibility index (Phi) is 3.41. The molecule has 1 saturated heterocycles. The van der Waals surface area contributed by atoms with E-state index in [-0.39, 0.29) is 18.0 Å². The number of amides is 1. The Morgan fingerprint density at radius 1 is 1.43 bits per heavy atom. The predicted molar refractivity (Wildman–Crippen MR) is 77.0 cm³/mol. The minimum Gasteiger partial charge on any atom is -0.463 e. The molecule has 1 N–H and O–H groups in total. The van der Waals surface area contributed by atoms with Crippen LogP contribution in [0.3, 0.4) is 0 Å². The zero-order valence-corrected chi connectivity index (χ0v) is 12.0. The second kappa shape index (κ2) is 5.24. The van der Waals surface area contributed by atoms with Crippen LogP contribution in [0.25, 0.3) is 11.0 Å². The van der Waals surface area contributed by atoms with Crippen LogP contribution in [0.5, 0.6) is 0 Å². The van der Waals surface area contributed by atoms with E-state index in [0.717, 1.165) is 17.4 Å². The van der Waals surface area contributed by atoms with Crippen LogP contribution in [0, 0.1) is 0 Å². The first-order valence-corrected chi connectivity index (χ1v) is 7.10. The number of cyclic esters (lactones) is 1. The van der Waals surface area contributed by atoms with E-state index in [1.807, 2.05) is 25.1 Å². The maximum Gasteiger partial charge on any atom is 0.329 e. The number of carbonyl (C=O) groups excluding carboxylic acids is 2. The van der Waals surface area contributed by atoms with Crippen molar-refractivity contribution >= 4 is 22.8 Å². The number of hydrogen-bond acceptors (Lipinski definition) is 4. The lowest BCUT2D eigenvalue weighted by Gasteiger charge is -2.07. The first-order valence-electron chi connectivity index (χ1n) is 7.10. The van der Waals surface area contributed by atoms with E-state index < -0.39 is 6.04 Å². The molecule has 3 rings (SSSR count). The predicted octanol–water partition coefficient (Wildman–Crippen LogP) is 2.43. The molecule has 0 bridgehead atoms. The highest BCUT2D eigenvalue weighted by molar-refractivity contribution is 6.07. The monoisotopic (exact) mass is 287 g/mol. The maximum atomic E-state index is 12.3. The Labute approximate surface area is 122 Å². The van der Waals surface area contributed by atoms with Crippen LogP contribution in [0.2, 0.25) is 0 Å². The van der Waals surface area contributed by atoms with Crippen molar-refractivity contribution in [3.8, 4) is 0 Å². The highest BCUT2D eigenvalue weighted by atomic mass is 16.6. The van der Waals surface area contributed by atoms with E-state index in [4.69, 9.17) is 9.15 Å². The molecule has 21 heavy (non-hydrogen) atoms. The number of rotatable bonds is 3. The van der Waals surface area contributed by atoms with Crippen LogP contribution in [-0.4, -0.2) is 24.0 Å². The fourth-order valence-electron chi connectivity index (χ4n) is 2.58. The molecule has 2 atom stereocenters. The molecular weight excluding hydrogens is 270 g/mol. The summed E-state index contributed by atoms with van der Waals surface area (Å²) in [7, 11) is 0. The Balaban J connectivity index is 1.86. The number of nitrogens with one attached hydrogen (secondary N) is 1. The minimum absolute atomic E-state index is 0.157. The number of carbonyl (C=O) groups is 2. The zero-order chi connectivity index (χ0) is 15.0. The standard InChI is InChI=1S/C16H17NO4/c1-3-10-4-5-14-11(7-10)12(8-20-14)15(18)17-13-6-9(2)21-16(13)19/h4-5,7-9,13H,3,6H2,1-2H3,(H,17,18)/t9-,13-/m0/s1. The first kappa shape index (κ1) is 13.7. The Morgan fingerprint density at radius 2 is 2.24 bits per heavy atom. The summed E-state index contributed by atoms with van der Waals surface area (Å²) in [5.74, 6) is -0.684. The van der Waals surface area contributed by atoms with Crippen LogP contribution < -0.4 is 5.32 Å². The Bertz CT molecular complexity index is 703. The summed E-state index contributed by atoms with van der Waals surface area (Å²) in [5.41, 5.74) is 2.25. The van der Waals surface area contributed by atoms with Crippen molar-refractivity contribution in [3.05, 3.63) is 35.6 Å². The number of fused-ring (bicyclic) bond motifs is 1. The van der Waals surface area contributed by atoms with Gasteiger partial charge in [0.25, 0.3) is 5.91 Å². The molecular formula is C16H17NO4. The summed E-state index contributed by atoms with van der Waals surface area (Å²) in [6.07, 6.45) is 2.66. The third-order valence-corrected chi connectivity index (χ3v) is 3.77. The third kappa shape index (κ3) is 2.51. The number of benzene rings is 1. The lowest BCUT2D eigenvalue weighted by Crippen LogP contribution is -2.37. The number of furan rings is 1. The highest BCUT2D eigenvalue weighted by Crippen LogP contribution is 2.23. The molecule has 0 spiro atoms. The smallest absolute Gasteiger partial charge is 0.329 e. The molecule has 2 aromatic rings. The van der Waals surface area contributed by atoms with Gasteiger partial charge in [0.1, 0.15) is 24.0 Å². The van der Waals surface area contributed by atoms with Gasteiger partial charge in [0, 0.05) is 11.8 Å². The van der Waals surface area contributed by atoms with Crippen molar-refractivity contribution < 1.29 is 18.7 Å². The summed E-state index contributed by atoms with van der Waals surface area (Å²) < 4.78 is 10.4. The van der Waals surface area contributed by atoms with Crippen molar-refractivity contribution in [2.24, 2.45) is 0 Å². The van der Waals surface area contributed by atoms with Gasteiger partial charge in [-0.3, -0.25) is 4.79 Å². The Morgan fingerprint density at radius 3 is 2.90 bits per heavy atom. The second-order valence-corrected chi connectivity index (χ2v) is 5.34. The van der Waals surface area contributed by atoms with Gasteiger partial charge in [-0.25, -0.2) is 4.79 Å². The van der Waals surface area contributed by atoms with Crippen molar-refractivity contribution in [1.29, 1.82) is 0 Å². The van der Waals surface area contributed by atoms with Crippen molar-refractivity contribution in [2.75, 3.05) is 0 Å². The van der Waals surface area contributed by atoms with Gasteiger partial charge < -0.3 is 14.5 Å². The maximum absolute atomic E-state index is 12.3. The fourth-order valence-corrected chi connectivity index (χ4v) is 2.58. The van der Waals surface area contributed by atoms with Crippen LogP contribution in [0.4, 0.5) is 0 Å². The summed E-state index contributed by atoms with van der Waals surface area (Å²) in [5, 5.41) is 3.49.